The van der Waals surface area contributed by atoms with Gasteiger partial charge in [0, 0.05) is 31.4 Å². The molecule has 0 amide bonds. The summed E-state index contributed by atoms with van der Waals surface area (Å²) < 4.78 is 36.8. The molecule has 0 bridgehead atoms. The number of halogens is 2. The van der Waals surface area contributed by atoms with E-state index < -0.39 is 27.7 Å². The maximum atomic E-state index is 13.3. The van der Waals surface area contributed by atoms with Crippen LogP contribution >= 0.6 is 23.2 Å². The zero-order chi connectivity index (χ0) is 23.6. The van der Waals surface area contributed by atoms with Gasteiger partial charge in [0.15, 0.2) is 9.84 Å². The molecule has 0 fully saturated rings. The van der Waals surface area contributed by atoms with Crippen LogP contribution in [0, 0.1) is 0 Å². The van der Waals surface area contributed by atoms with Crippen molar-refractivity contribution in [1.29, 1.82) is 0 Å². The van der Waals surface area contributed by atoms with Crippen LogP contribution < -0.4 is 5.32 Å². The molecule has 0 saturated heterocycles. The number of likely N-dealkylation sites (N-methyl/N-ethyl adjacent to an activating group) is 1. The van der Waals surface area contributed by atoms with Gasteiger partial charge in [-0.15, -0.1) is 0 Å². The fourth-order valence-corrected chi connectivity index (χ4v) is 6.09. The van der Waals surface area contributed by atoms with E-state index in [-0.39, 0.29) is 39.5 Å². The predicted molar refractivity (Wildman–Crippen MR) is 121 cm³/mol. The first kappa shape index (κ1) is 24.6. The van der Waals surface area contributed by atoms with Crippen LogP contribution in [-0.2, 0) is 28.9 Å². The van der Waals surface area contributed by atoms with E-state index in [2.05, 4.69) is 5.32 Å². The number of allylic oxidation sites excluding steroid dienone is 2. The van der Waals surface area contributed by atoms with E-state index in [1.165, 1.54) is 6.92 Å². The molecule has 0 aliphatic carbocycles. The normalized spacial score (nSPS) is 20.8. The highest BCUT2D eigenvalue weighted by Crippen LogP contribution is 2.45. The van der Waals surface area contributed by atoms with Gasteiger partial charge in [-0.2, -0.15) is 0 Å². The van der Waals surface area contributed by atoms with Crippen LogP contribution in [0.1, 0.15) is 25.3 Å². The molecule has 1 aromatic carbocycles. The van der Waals surface area contributed by atoms with Crippen LogP contribution in [0.3, 0.4) is 0 Å². The summed E-state index contributed by atoms with van der Waals surface area (Å²) in [6.07, 6.45) is 0. The second-order valence-electron chi connectivity index (χ2n) is 7.62. The fourth-order valence-electron chi connectivity index (χ4n) is 3.81. The topological polar surface area (TPSA) is 102 Å². The third kappa shape index (κ3) is 5.11. The number of sulfone groups is 1. The molecule has 1 aromatic rings. The van der Waals surface area contributed by atoms with Gasteiger partial charge in [-0.1, -0.05) is 35.3 Å². The van der Waals surface area contributed by atoms with Crippen molar-refractivity contribution >= 4 is 45.0 Å². The highest BCUT2D eigenvalue weighted by atomic mass is 35.5. The van der Waals surface area contributed by atoms with Crippen molar-refractivity contribution in [3.05, 3.63) is 55.7 Å². The minimum atomic E-state index is -3.74. The minimum Gasteiger partial charge on any atom is -0.462 e. The van der Waals surface area contributed by atoms with Gasteiger partial charge in [-0.25, -0.2) is 13.2 Å². The molecule has 0 spiro atoms. The molecule has 174 valence electrons. The van der Waals surface area contributed by atoms with Gasteiger partial charge in [0.25, 0.3) is 0 Å². The summed E-state index contributed by atoms with van der Waals surface area (Å²) >= 11 is 12.7. The van der Waals surface area contributed by atoms with Crippen molar-refractivity contribution in [2.45, 2.75) is 19.8 Å². The van der Waals surface area contributed by atoms with Crippen LogP contribution in [-0.4, -0.2) is 64.4 Å². The number of ether oxygens (including phenoxy) is 2. The van der Waals surface area contributed by atoms with Gasteiger partial charge in [0.1, 0.15) is 13.2 Å². The first-order chi connectivity index (χ1) is 15.0. The molecule has 2 aliphatic heterocycles. The number of esters is 2. The number of carbonyl (C=O) groups is 2. The highest BCUT2D eigenvalue weighted by molar-refractivity contribution is 7.95. The van der Waals surface area contributed by atoms with Gasteiger partial charge in [0.2, 0.25) is 0 Å². The van der Waals surface area contributed by atoms with Crippen molar-refractivity contribution in [3.63, 3.8) is 0 Å². The Bertz CT molecular complexity index is 1110. The lowest BCUT2D eigenvalue weighted by Crippen LogP contribution is -2.35. The summed E-state index contributed by atoms with van der Waals surface area (Å²) in [4.78, 5) is 26.0. The molecule has 0 saturated carbocycles. The summed E-state index contributed by atoms with van der Waals surface area (Å²) in [5.41, 5.74) is 1.45. The van der Waals surface area contributed by atoms with Crippen molar-refractivity contribution in [3.8, 4) is 0 Å². The Morgan fingerprint density at radius 2 is 1.91 bits per heavy atom. The standard InChI is InChI=1S/C21H24Cl2N2O6S/c1-12-17(21(27)31-9-8-30-13(2)26)18(14-5-4-6-15(22)19(14)23)20-16(24-12)11-25(3)7-10-32(20,28)29/h4-6,18,24H,7-11H2,1-3H3. The molecule has 2 heterocycles. The zero-order valence-corrected chi connectivity index (χ0v) is 20.2. The highest BCUT2D eigenvalue weighted by Gasteiger charge is 2.43. The molecule has 1 N–H and O–H groups in total. The van der Waals surface area contributed by atoms with E-state index in [0.29, 0.717) is 30.0 Å². The minimum absolute atomic E-state index is 0.0866. The van der Waals surface area contributed by atoms with Crippen molar-refractivity contribution in [2.75, 3.05) is 39.1 Å². The maximum Gasteiger partial charge on any atom is 0.336 e. The second-order valence-corrected chi connectivity index (χ2v) is 10.5. The summed E-state index contributed by atoms with van der Waals surface area (Å²) in [6.45, 7) is 3.34. The molecule has 2 aliphatic rings. The summed E-state index contributed by atoms with van der Waals surface area (Å²) in [5.74, 6) is -2.33. The molecule has 3 rings (SSSR count). The van der Waals surface area contributed by atoms with Gasteiger partial charge >= 0.3 is 11.9 Å². The number of nitrogens with one attached hydrogen (secondary N) is 1. The first-order valence-electron chi connectivity index (χ1n) is 9.89. The molecule has 11 heteroatoms. The number of hydrogen-bond donors (Lipinski definition) is 1. The third-order valence-electron chi connectivity index (χ3n) is 5.23. The molecule has 1 unspecified atom stereocenters. The summed E-state index contributed by atoms with van der Waals surface area (Å²) in [7, 11) is -1.92. The molecule has 1 atom stereocenters. The molecule has 0 radical (unpaired) electrons. The van der Waals surface area contributed by atoms with Crippen molar-refractivity contribution in [2.24, 2.45) is 0 Å². The maximum absolute atomic E-state index is 13.3. The van der Waals surface area contributed by atoms with Crippen LogP contribution in [0.5, 0.6) is 0 Å². The predicted octanol–water partition coefficient (Wildman–Crippen LogP) is 2.63. The SMILES string of the molecule is CC(=O)OCCOC(=O)C1=C(C)NC2=C(C1c1cccc(Cl)c1Cl)S(=O)(=O)CCN(C)C2. The Hall–Kier alpha value is -2.07. The number of rotatable bonds is 5. The molecule has 32 heavy (non-hydrogen) atoms. The Kier molecular flexibility index (Phi) is 7.54. The number of benzene rings is 1. The van der Waals surface area contributed by atoms with Gasteiger partial charge in [-0.05, 0) is 25.6 Å². The second kappa shape index (κ2) is 9.82. The van der Waals surface area contributed by atoms with Crippen molar-refractivity contribution in [1.82, 2.24) is 10.2 Å². The number of carbonyl (C=O) groups excluding carboxylic acids is 2. The lowest BCUT2D eigenvalue weighted by molar-refractivity contribution is -0.148. The van der Waals surface area contributed by atoms with Crippen LogP contribution in [0.4, 0.5) is 0 Å². The monoisotopic (exact) mass is 502 g/mol. The van der Waals surface area contributed by atoms with E-state index in [1.54, 1.807) is 25.1 Å². The largest absolute Gasteiger partial charge is 0.462 e. The van der Waals surface area contributed by atoms with Gasteiger partial charge in [0.05, 0.1) is 32.2 Å². The number of nitrogens with zero attached hydrogens (tertiary/aromatic N) is 1. The fraction of sp³-hybridized carbons (Fsp3) is 0.429. The first-order valence-corrected chi connectivity index (χ1v) is 12.3. The number of dihydropyridines is 1. The van der Waals surface area contributed by atoms with Crippen LogP contribution in [0.15, 0.2) is 40.1 Å². The van der Waals surface area contributed by atoms with Crippen LogP contribution in [0.2, 0.25) is 10.0 Å². The van der Waals surface area contributed by atoms with E-state index in [4.69, 9.17) is 32.7 Å². The Morgan fingerprint density at radius 3 is 2.59 bits per heavy atom. The molecule has 8 nitrogen and oxygen atoms in total. The lowest BCUT2D eigenvalue weighted by Gasteiger charge is -2.32. The van der Waals surface area contributed by atoms with Gasteiger partial charge < -0.3 is 14.8 Å². The lowest BCUT2D eigenvalue weighted by atomic mass is 9.86. The van der Waals surface area contributed by atoms with E-state index in [0.717, 1.165) is 0 Å². The third-order valence-corrected chi connectivity index (χ3v) is 7.94. The van der Waals surface area contributed by atoms with Crippen LogP contribution in [0.25, 0.3) is 0 Å². The Morgan fingerprint density at radius 1 is 1.22 bits per heavy atom. The van der Waals surface area contributed by atoms with E-state index >= 15 is 0 Å². The average Bonchev–Trinajstić information content (AvgIpc) is 2.81. The quantitative estimate of drug-likeness (QED) is 0.484. The molecular weight excluding hydrogens is 479 g/mol. The van der Waals surface area contributed by atoms with Gasteiger partial charge in [-0.3, -0.25) is 9.69 Å². The smallest absolute Gasteiger partial charge is 0.336 e. The summed E-state index contributed by atoms with van der Waals surface area (Å²) in [5, 5.41) is 3.50. The summed E-state index contributed by atoms with van der Waals surface area (Å²) in [6, 6.07) is 4.89. The van der Waals surface area contributed by atoms with E-state index in [1.807, 2.05) is 11.9 Å². The molecule has 0 aromatic heterocycles. The zero-order valence-electron chi connectivity index (χ0n) is 17.9. The molecular formula is C21H24Cl2N2O6S. The Balaban J connectivity index is 2.11. The number of hydrogen-bond acceptors (Lipinski definition) is 8. The Labute approximate surface area is 197 Å². The van der Waals surface area contributed by atoms with Crippen molar-refractivity contribution < 1.29 is 27.5 Å². The van der Waals surface area contributed by atoms with E-state index in [9.17, 15) is 18.0 Å². The average molecular weight is 503 g/mol.